The number of amides is 1. The van der Waals surface area contributed by atoms with Gasteiger partial charge in [0.05, 0.1) is 10.6 Å². The summed E-state index contributed by atoms with van der Waals surface area (Å²) in [7, 11) is 0. The molecule has 2 aromatic carbocycles. The molecule has 1 heterocycles. The first-order valence-corrected chi connectivity index (χ1v) is 9.09. The molecule has 1 saturated heterocycles. The van der Waals surface area contributed by atoms with Crippen molar-refractivity contribution in [2.24, 2.45) is 5.92 Å². The molecular weight excluding hydrogens is 374 g/mol. The first kappa shape index (κ1) is 16.5. The number of carbonyl (C=O) groups excluding carboxylic acids is 1. The molecule has 0 radical (unpaired) electrons. The largest absolute Gasteiger partial charge is 0.339 e. The van der Waals surface area contributed by atoms with Crippen molar-refractivity contribution in [3.63, 3.8) is 0 Å². The standard InChI is InChI=1S/C19H19BrClNO/c20-16-6-7-18(21)17(13-16)19(23)22-10-8-15(9-11-22)12-14-4-2-1-3-5-14/h1-7,13,15H,8-12H2. The Hall–Kier alpha value is -1.32. The van der Waals surface area contributed by atoms with Crippen LogP contribution in [0.3, 0.4) is 0 Å². The predicted molar refractivity (Wildman–Crippen MR) is 97.9 cm³/mol. The van der Waals surface area contributed by atoms with Crippen LogP contribution in [0.15, 0.2) is 53.0 Å². The molecule has 0 atom stereocenters. The average molecular weight is 393 g/mol. The summed E-state index contributed by atoms with van der Waals surface area (Å²) in [6.45, 7) is 1.61. The predicted octanol–water partition coefficient (Wildman–Crippen LogP) is 5.20. The number of piperidine rings is 1. The number of hydrogen-bond donors (Lipinski definition) is 0. The van der Waals surface area contributed by atoms with Gasteiger partial charge in [-0.05, 0) is 48.9 Å². The minimum Gasteiger partial charge on any atom is -0.339 e. The molecule has 4 heteroatoms. The maximum Gasteiger partial charge on any atom is 0.255 e. The lowest BCUT2D eigenvalue weighted by molar-refractivity contribution is 0.0690. The summed E-state index contributed by atoms with van der Waals surface area (Å²) < 4.78 is 0.879. The van der Waals surface area contributed by atoms with Gasteiger partial charge in [-0.2, -0.15) is 0 Å². The van der Waals surface area contributed by atoms with Crippen LogP contribution in [0.25, 0.3) is 0 Å². The Kier molecular flexibility index (Phi) is 5.39. The lowest BCUT2D eigenvalue weighted by Gasteiger charge is -2.32. The van der Waals surface area contributed by atoms with Gasteiger partial charge >= 0.3 is 0 Å². The highest BCUT2D eigenvalue weighted by Crippen LogP contribution is 2.26. The number of hydrogen-bond acceptors (Lipinski definition) is 1. The van der Waals surface area contributed by atoms with Gasteiger partial charge in [0.2, 0.25) is 0 Å². The number of carbonyl (C=O) groups is 1. The number of likely N-dealkylation sites (tertiary alicyclic amines) is 1. The molecule has 1 aliphatic rings. The van der Waals surface area contributed by atoms with E-state index in [2.05, 4.69) is 40.2 Å². The van der Waals surface area contributed by atoms with Crippen LogP contribution in [0, 0.1) is 5.92 Å². The molecule has 0 aromatic heterocycles. The highest BCUT2D eigenvalue weighted by Gasteiger charge is 2.25. The van der Waals surface area contributed by atoms with E-state index in [9.17, 15) is 4.79 Å². The summed E-state index contributed by atoms with van der Waals surface area (Å²) in [5.41, 5.74) is 1.97. The summed E-state index contributed by atoms with van der Waals surface area (Å²) in [5.74, 6) is 0.689. The van der Waals surface area contributed by atoms with Crippen LogP contribution in [0.2, 0.25) is 5.02 Å². The Morgan fingerprint density at radius 3 is 2.52 bits per heavy atom. The van der Waals surface area contributed by atoms with Gasteiger partial charge in [0.25, 0.3) is 5.91 Å². The minimum atomic E-state index is 0.0365. The smallest absolute Gasteiger partial charge is 0.255 e. The second-order valence-corrected chi connectivity index (χ2v) is 7.37. The van der Waals surface area contributed by atoms with Gasteiger partial charge in [-0.15, -0.1) is 0 Å². The molecule has 0 spiro atoms. The first-order chi connectivity index (χ1) is 11.1. The zero-order chi connectivity index (χ0) is 16.2. The van der Waals surface area contributed by atoms with E-state index in [0.29, 0.717) is 16.5 Å². The Balaban J connectivity index is 1.60. The van der Waals surface area contributed by atoms with Gasteiger partial charge < -0.3 is 4.90 Å². The van der Waals surface area contributed by atoms with Crippen LogP contribution < -0.4 is 0 Å². The molecule has 120 valence electrons. The fraction of sp³-hybridized carbons (Fsp3) is 0.316. The lowest BCUT2D eigenvalue weighted by atomic mass is 9.90. The van der Waals surface area contributed by atoms with Crippen LogP contribution in [-0.2, 0) is 6.42 Å². The second kappa shape index (κ2) is 7.50. The van der Waals surface area contributed by atoms with Crippen molar-refractivity contribution in [3.8, 4) is 0 Å². The molecule has 3 rings (SSSR count). The van der Waals surface area contributed by atoms with Gasteiger partial charge in [0, 0.05) is 17.6 Å². The van der Waals surface area contributed by atoms with Gasteiger partial charge in [-0.25, -0.2) is 0 Å². The van der Waals surface area contributed by atoms with Crippen molar-refractivity contribution in [2.45, 2.75) is 19.3 Å². The zero-order valence-corrected chi connectivity index (χ0v) is 15.2. The molecule has 1 aliphatic heterocycles. The van der Waals surface area contributed by atoms with Crippen LogP contribution in [-0.4, -0.2) is 23.9 Å². The fourth-order valence-corrected chi connectivity index (χ4v) is 3.68. The molecule has 0 bridgehead atoms. The Morgan fingerprint density at radius 2 is 1.83 bits per heavy atom. The molecule has 0 saturated carbocycles. The van der Waals surface area contributed by atoms with Crippen molar-refractivity contribution >= 4 is 33.4 Å². The van der Waals surface area contributed by atoms with Gasteiger partial charge in [0.1, 0.15) is 0 Å². The van der Waals surface area contributed by atoms with Crippen molar-refractivity contribution in [3.05, 3.63) is 69.2 Å². The summed E-state index contributed by atoms with van der Waals surface area (Å²) >= 11 is 9.58. The number of nitrogens with zero attached hydrogens (tertiary/aromatic N) is 1. The quantitative estimate of drug-likeness (QED) is 0.703. The van der Waals surface area contributed by atoms with Crippen molar-refractivity contribution in [1.82, 2.24) is 4.90 Å². The maximum atomic E-state index is 12.7. The number of benzene rings is 2. The summed E-state index contributed by atoms with van der Waals surface area (Å²) in [5, 5.41) is 0.518. The third-order valence-corrected chi connectivity index (χ3v) is 5.25. The zero-order valence-electron chi connectivity index (χ0n) is 12.8. The first-order valence-electron chi connectivity index (χ1n) is 7.92. The molecule has 1 fully saturated rings. The molecule has 0 aliphatic carbocycles. The van der Waals surface area contributed by atoms with Gasteiger partial charge in [0.15, 0.2) is 0 Å². The number of rotatable bonds is 3. The lowest BCUT2D eigenvalue weighted by Crippen LogP contribution is -2.39. The Labute approximate surface area is 150 Å². The highest BCUT2D eigenvalue weighted by molar-refractivity contribution is 9.10. The monoisotopic (exact) mass is 391 g/mol. The van der Waals surface area contributed by atoms with E-state index in [-0.39, 0.29) is 5.91 Å². The second-order valence-electron chi connectivity index (χ2n) is 6.05. The molecule has 1 amide bonds. The number of halogens is 2. The third kappa shape index (κ3) is 4.15. The van der Waals surface area contributed by atoms with E-state index < -0.39 is 0 Å². The van der Waals surface area contributed by atoms with E-state index in [0.717, 1.165) is 36.8 Å². The molecule has 23 heavy (non-hydrogen) atoms. The van der Waals surface area contributed by atoms with E-state index in [1.165, 1.54) is 5.56 Å². The van der Waals surface area contributed by atoms with Gasteiger partial charge in [-0.1, -0.05) is 57.9 Å². The van der Waals surface area contributed by atoms with Crippen LogP contribution in [0.1, 0.15) is 28.8 Å². The normalized spacial score (nSPS) is 15.7. The maximum absolute atomic E-state index is 12.7. The van der Waals surface area contributed by atoms with Crippen molar-refractivity contribution in [1.29, 1.82) is 0 Å². The summed E-state index contributed by atoms with van der Waals surface area (Å²) in [4.78, 5) is 14.6. The van der Waals surface area contributed by atoms with Crippen LogP contribution in [0.4, 0.5) is 0 Å². The molecule has 2 aromatic rings. The molecule has 0 N–H and O–H groups in total. The third-order valence-electron chi connectivity index (χ3n) is 4.43. The van der Waals surface area contributed by atoms with Crippen molar-refractivity contribution in [2.75, 3.05) is 13.1 Å². The molecule has 0 unspecified atom stereocenters. The van der Waals surface area contributed by atoms with E-state index >= 15 is 0 Å². The Bertz CT molecular complexity index is 681. The molecular formula is C19H19BrClNO. The van der Waals surface area contributed by atoms with E-state index in [1.54, 1.807) is 12.1 Å². The van der Waals surface area contributed by atoms with Gasteiger partial charge in [-0.3, -0.25) is 4.79 Å². The van der Waals surface area contributed by atoms with Crippen LogP contribution in [0.5, 0.6) is 0 Å². The SMILES string of the molecule is O=C(c1cc(Br)ccc1Cl)N1CCC(Cc2ccccc2)CC1. The summed E-state index contributed by atoms with van der Waals surface area (Å²) in [6, 6.07) is 16.0. The fourth-order valence-electron chi connectivity index (χ4n) is 3.12. The molecule has 2 nitrogen and oxygen atoms in total. The van der Waals surface area contributed by atoms with Crippen molar-refractivity contribution < 1.29 is 4.79 Å². The van der Waals surface area contributed by atoms with E-state index in [4.69, 9.17) is 11.6 Å². The van der Waals surface area contributed by atoms with E-state index in [1.807, 2.05) is 17.0 Å². The summed E-state index contributed by atoms with van der Waals surface area (Å²) in [6.07, 6.45) is 3.19. The average Bonchev–Trinajstić information content (AvgIpc) is 2.58. The highest BCUT2D eigenvalue weighted by atomic mass is 79.9. The minimum absolute atomic E-state index is 0.0365. The van der Waals surface area contributed by atoms with Crippen LogP contribution >= 0.6 is 27.5 Å². The Morgan fingerprint density at radius 1 is 1.13 bits per heavy atom. The topological polar surface area (TPSA) is 20.3 Å².